The third-order valence-corrected chi connectivity index (χ3v) is 4.86. The second-order valence-electron chi connectivity index (χ2n) is 6.81. The van der Waals surface area contributed by atoms with E-state index in [0.717, 1.165) is 24.2 Å². The Morgan fingerprint density at radius 2 is 1.57 bits per heavy atom. The summed E-state index contributed by atoms with van der Waals surface area (Å²) in [7, 11) is 1.63. The van der Waals surface area contributed by atoms with Crippen molar-refractivity contribution < 1.29 is 34.6 Å². The molecule has 0 aliphatic carbocycles. The Kier molecular flexibility index (Phi) is 6.88. The van der Waals surface area contributed by atoms with Crippen LogP contribution in [-0.4, -0.2) is 64.8 Å². The molecule has 2 aromatic rings. The van der Waals surface area contributed by atoms with Gasteiger partial charge in [0.25, 0.3) is 0 Å². The second-order valence-corrected chi connectivity index (χ2v) is 6.81. The van der Waals surface area contributed by atoms with Crippen LogP contribution in [0.3, 0.4) is 0 Å². The lowest BCUT2D eigenvalue weighted by Crippen LogP contribution is -2.60. The van der Waals surface area contributed by atoms with E-state index >= 15 is 0 Å². The SMILES string of the molecule is COc1ccc(CCc2cccc(O[C@@H]3O[C@H](CO)[C@@H](O)[C@H](O)[C@H]3O)c2)cc1. The number of benzene rings is 2. The summed E-state index contributed by atoms with van der Waals surface area (Å²) in [6, 6.07) is 15.3. The van der Waals surface area contributed by atoms with Crippen LogP contribution in [0.25, 0.3) is 0 Å². The molecular formula is C21H26O7. The van der Waals surface area contributed by atoms with E-state index in [-0.39, 0.29) is 0 Å². The van der Waals surface area contributed by atoms with E-state index in [2.05, 4.69) is 0 Å². The van der Waals surface area contributed by atoms with Crippen molar-refractivity contribution >= 4 is 0 Å². The van der Waals surface area contributed by atoms with Crippen LogP contribution in [0.15, 0.2) is 48.5 Å². The van der Waals surface area contributed by atoms with Crippen molar-refractivity contribution in [2.45, 2.75) is 43.5 Å². The van der Waals surface area contributed by atoms with Gasteiger partial charge in [0.2, 0.25) is 6.29 Å². The molecule has 7 nitrogen and oxygen atoms in total. The third-order valence-electron chi connectivity index (χ3n) is 4.86. The van der Waals surface area contributed by atoms with Gasteiger partial charge in [0, 0.05) is 0 Å². The minimum atomic E-state index is -1.46. The van der Waals surface area contributed by atoms with Crippen molar-refractivity contribution in [3.05, 3.63) is 59.7 Å². The molecule has 152 valence electrons. The minimum absolute atomic E-state index is 0.469. The van der Waals surface area contributed by atoms with Gasteiger partial charge in [0.15, 0.2) is 0 Å². The smallest absolute Gasteiger partial charge is 0.229 e. The average molecular weight is 390 g/mol. The summed E-state index contributed by atoms with van der Waals surface area (Å²) >= 11 is 0. The molecule has 2 aromatic carbocycles. The maximum Gasteiger partial charge on any atom is 0.229 e. The molecule has 0 radical (unpaired) electrons. The van der Waals surface area contributed by atoms with Gasteiger partial charge in [-0.2, -0.15) is 0 Å². The zero-order valence-corrected chi connectivity index (χ0v) is 15.6. The Bertz CT molecular complexity index is 747. The first-order valence-corrected chi connectivity index (χ1v) is 9.21. The Morgan fingerprint density at radius 3 is 2.25 bits per heavy atom. The number of hydrogen-bond acceptors (Lipinski definition) is 7. The fourth-order valence-corrected chi connectivity index (χ4v) is 3.15. The lowest BCUT2D eigenvalue weighted by Gasteiger charge is -2.39. The van der Waals surface area contributed by atoms with E-state index in [4.69, 9.17) is 14.2 Å². The molecule has 3 rings (SSSR count). The maximum absolute atomic E-state index is 10.1. The number of ether oxygens (including phenoxy) is 3. The van der Waals surface area contributed by atoms with Crippen LogP contribution in [0.2, 0.25) is 0 Å². The van der Waals surface area contributed by atoms with Crippen LogP contribution < -0.4 is 9.47 Å². The van der Waals surface area contributed by atoms with Gasteiger partial charge in [-0.15, -0.1) is 0 Å². The molecule has 0 unspecified atom stereocenters. The maximum atomic E-state index is 10.1. The van der Waals surface area contributed by atoms with Crippen molar-refractivity contribution in [2.75, 3.05) is 13.7 Å². The summed E-state index contributed by atoms with van der Waals surface area (Å²) in [6.07, 6.45) is -4.86. The second kappa shape index (κ2) is 9.36. The van der Waals surface area contributed by atoms with Gasteiger partial charge in [0.05, 0.1) is 13.7 Å². The van der Waals surface area contributed by atoms with E-state index < -0.39 is 37.3 Å². The van der Waals surface area contributed by atoms with Crippen LogP contribution in [-0.2, 0) is 17.6 Å². The quantitative estimate of drug-likeness (QED) is 0.550. The average Bonchev–Trinajstić information content (AvgIpc) is 2.73. The first-order chi connectivity index (χ1) is 13.5. The van der Waals surface area contributed by atoms with Gasteiger partial charge < -0.3 is 34.6 Å². The molecule has 0 saturated carbocycles. The van der Waals surface area contributed by atoms with E-state index in [1.165, 1.54) is 5.56 Å². The summed E-state index contributed by atoms with van der Waals surface area (Å²) < 4.78 is 16.2. The molecule has 1 fully saturated rings. The molecule has 4 N–H and O–H groups in total. The lowest BCUT2D eigenvalue weighted by molar-refractivity contribution is -0.277. The number of aliphatic hydroxyl groups is 4. The third kappa shape index (κ3) is 4.81. The predicted molar refractivity (Wildman–Crippen MR) is 101 cm³/mol. The molecule has 1 aliphatic heterocycles. The highest BCUT2D eigenvalue weighted by atomic mass is 16.7. The van der Waals surface area contributed by atoms with Crippen LogP contribution >= 0.6 is 0 Å². The zero-order valence-electron chi connectivity index (χ0n) is 15.6. The normalized spacial score (nSPS) is 27.4. The van der Waals surface area contributed by atoms with E-state index in [1.54, 1.807) is 13.2 Å². The first kappa shape index (κ1) is 20.6. The monoisotopic (exact) mass is 390 g/mol. The van der Waals surface area contributed by atoms with Crippen molar-refractivity contribution in [3.63, 3.8) is 0 Å². The summed E-state index contributed by atoms with van der Waals surface area (Å²) in [5.41, 5.74) is 2.22. The van der Waals surface area contributed by atoms with E-state index in [9.17, 15) is 20.4 Å². The molecule has 0 aromatic heterocycles. The summed E-state index contributed by atoms with van der Waals surface area (Å²) in [5, 5.41) is 39.1. The van der Waals surface area contributed by atoms with Crippen molar-refractivity contribution in [2.24, 2.45) is 0 Å². The summed E-state index contributed by atoms with van der Waals surface area (Å²) in [4.78, 5) is 0. The van der Waals surface area contributed by atoms with Gasteiger partial charge in [-0.3, -0.25) is 0 Å². The highest BCUT2D eigenvalue weighted by Gasteiger charge is 2.44. The fourth-order valence-electron chi connectivity index (χ4n) is 3.15. The van der Waals surface area contributed by atoms with Crippen molar-refractivity contribution in [3.8, 4) is 11.5 Å². The topological polar surface area (TPSA) is 109 Å². The van der Waals surface area contributed by atoms with E-state index in [0.29, 0.717) is 5.75 Å². The highest BCUT2D eigenvalue weighted by molar-refractivity contribution is 5.31. The molecule has 5 atom stereocenters. The summed E-state index contributed by atoms with van der Waals surface area (Å²) in [5.74, 6) is 1.29. The molecule has 1 saturated heterocycles. The fraction of sp³-hybridized carbons (Fsp3) is 0.429. The Labute approximate surface area is 163 Å². The van der Waals surface area contributed by atoms with Gasteiger partial charge >= 0.3 is 0 Å². The first-order valence-electron chi connectivity index (χ1n) is 9.21. The number of aliphatic hydroxyl groups excluding tert-OH is 4. The number of hydrogen-bond donors (Lipinski definition) is 4. The number of aryl methyl sites for hydroxylation is 2. The summed E-state index contributed by atoms with van der Waals surface area (Å²) in [6.45, 7) is -0.493. The van der Waals surface area contributed by atoms with Gasteiger partial charge in [-0.25, -0.2) is 0 Å². The molecule has 28 heavy (non-hydrogen) atoms. The van der Waals surface area contributed by atoms with Crippen LogP contribution in [0.1, 0.15) is 11.1 Å². The molecular weight excluding hydrogens is 364 g/mol. The van der Waals surface area contributed by atoms with E-state index in [1.807, 2.05) is 42.5 Å². The Morgan fingerprint density at radius 1 is 0.857 bits per heavy atom. The lowest BCUT2D eigenvalue weighted by atomic mass is 9.99. The number of rotatable bonds is 7. The molecule has 0 bridgehead atoms. The van der Waals surface area contributed by atoms with Crippen LogP contribution in [0, 0.1) is 0 Å². The molecule has 0 spiro atoms. The van der Waals surface area contributed by atoms with Crippen molar-refractivity contribution in [1.82, 2.24) is 0 Å². The standard InChI is InChI=1S/C21H26O7/c1-26-15-9-7-13(8-10-15)5-6-14-3-2-4-16(11-14)27-21-20(25)19(24)18(23)17(12-22)28-21/h2-4,7-11,17-25H,5-6,12H2,1H3/t17-,18-,19+,20-,21-/m1/s1. The molecule has 1 heterocycles. The Hall–Kier alpha value is -2.16. The minimum Gasteiger partial charge on any atom is -0.497 e. The van der Waals surface area contributed by atoms with Crippen LogP contribution in [0.5, 0.6) is 11.5 Å². The molecule has 0 amide bonds. The molecule has 1 aliphatic rings. The number of methoxy groups -OCH3 is 1. The predicted octanol–water partition coefficient (Wildman–Crippen LogP) is 0.659. The largest absolute Gasteiger partial charge is 0.497 e. The molecule has 7 heteroatoms. The van der Waals surface area contributed by atoms with Crippen LogP contribution in [0.4, 0.5) is 0 Å². The highest BCUT2D eigenvalue weighted by Crippen LogP contribution is 2.25. The van der Waals surface area contributed by atoms with Gasteiger partial charge in [-0.1, -0.05) is 24.3 Å². The van der Waals surface area contributed by atoms with Gasteiger partial charge in [0.1, 0.15) is 35.9 Å². The van der Waals surface area contributed by atoms with Crippen molar-refractivity contribution in [1.29, 1.82) is 0 Å². The Balaban J connectivity index is 1.62. The zero-order chi connectivity index (χ0) is 20.1. The van der Waals surface area contributed by atoms with Gasteiger partial charge in [-0.05, 0) is 48.2 Å².